The number of aromatic nitrogens is 3. The van der Waals surface area contributed by atoms with Crippen LogP contribution in [0.2, 0.25) is 0 Å². The number of hydrogen-bond donors (Lipinski definition) is 1. The molecule has 10 nitrogen and oxygen atoms in total. The molecule has 0 spiro atoms. The number of rotatable bonds is 8. The van der Waals surface area contributed by atoms with Crippen LogP contribution in [0.1, 0.15) is 23.2 Å². The summed E-state index contributed by atoms with van der Waals surface area (Å²) in [6.45, 7) is 7.09. The van der Waals surface area contributed by atoms with Gasteiger partial charge in [-0.1, -0.05) is 0 Å². The van der Waals surface area contributed by atoms with Gasteiger partial charge in [0, 0.05) is 50.7 Å². The lowest BCUT2D eigenvalue weighted by Gasteiger charge is -2.28. The lowest BCUT2D eigenvalue weighted by atomic mass is 10.00. The number of amides is 2. The van der Waals surface area contributed by atoms with Crippen molar-refractivity contribution in [2.24, 2.45) is 7.05 Å². The molecular formula is C26H34N6O4. The van der Waals surface area contributed by atoms with Gasteiger partial charge in [0.25, 0.3) is 0 Å². The van der Waals surface area contributed by atoms with Crippen molar-refractivity contribution in [1.29, 1.82) is 0 Å². The first-order chi connectivity index (χ1) is 17.3. The van der Waals surface area contributed by atoms with Crippen LogP contribution in [-0.4, -0.2) is 78.5 Å². The number of nitrogens with one attached hydrogen (secondary N) is 1. The Balaban J connectivity index is 1.33. The Morgan fingerprint density at radius 1 is 1.17 bits per heavy atom. The molecule has 1 N–H and O–H groups in total. The third kappa shape index (κ3) is 5.43. The van der Waals surface area contributed by atoms with Crippen LogP contribution in [0.15, 0.2) is 24.3 Å². The van der Waals surface area contributed by atoms with Gasteiger partial charge in [-0.15, -0.1) is 5.10 Å². The van der Waals surface area contributed by atoms with E-state index in [2.05, 4.69) is 20.3 Å². The Kier molecular flexibility index (Phi) is 7.73. The van der Waals surface area contributed by atoms with E-state index >= 15 is 0 Å². The number of likely N-dealkylation sites (N-methyl/N-ethyl adjacent to an activating group) is 1. The van der Waals surface area contributed by atoms with Crippen LogP contribution < -0.4 is 15.0 Å². The van der Waals surface area contributed by atoms with Crippen molar-refractivity contribution in [3.8, 4) is 5.88 Å². The molecule has 10 heteroatoms. The molecule has 0 radical (unpaired) electrons. The molecule has 0 aliphatic carbocycles. The predicted molar refractivity (Wildman–Crippen MR) is 139 cm³/mol. The number of aryl methyl sites for hydroxylation is 3. The number of ether oxygens (including phenoxy) is 2. The number of pyridine rings is 1. The molecule has 3 heterocycles. The highest BCUT2D eigenvalue weighted by Crippen LogP contribution is 2.30. The summed E-state index contributed by atoms with van der Waals surface area (Å²) >= 11 is 0. The van der Waals surface area contributed by atoms with Crippen LogP contribution in [-0.2, 0) is 27.8 Å². The topological polar surface area (TPSA) is 102 Å². The zero-order chi connectivity index (χ0) is 25.8. The number of carbonyl (C=O) groups excluding carboxylic acids is 2. The molecule has 2 aromatic heterocycles. The van der Waals surface area contributed by atoms with E-state index in [1.54, 1.807) is 18.8 Å². The van der Waals surface area contributed by atoms with E-state index in [0.29, 0.717) is 18.0 Å². The molecule has 0 atom stereocenters. The number of anilines is 2. The number of fused-ring (bicyclic) bond motifs is 1. The van der Waals surface area contributed by atoms with Crippen molar-refractivity contribution in [2.75, 3.05) is 57.2 Å². The lowest BCUT2D eigenvalue weighted by molar-refractivity contribution is -0.133. The first-order valence-electron chi connectivity index (χ1n) is 12.1. The molecule has 1 fully saturated rings. The molecule has 0 bridgehead atoms. The molecular weight excluding hydrogens is 460 g/mol. The molecule has 2 amide bonds. The minimum atomic E-state index is -0.236. The summed E-state index contributed by atoms with van der Waals surface area (Å²) in [6, 6.07) is 7.74. The Labute approximate surface area is 211 Å². The van der Waals surface area contributed by atoms with E-state index in [1.807, 2.05) is 45.2 Å². The van der Waals surface area contributed by atoms with E-state index in [4.69, 9.17) is 9.47 Å². The van der Waals surface area contributed by atoms with Crippen LogP contribution in [0.4, 0.5) is 11.4 Å². The molecule has 0 unspecified atom stereocenters. The standard InChI is InChI=1S/C26H34N6O4/c1-17-21(18(2)27-25-24(17)26(35-5)29-31(25)4)10-11-23(34)30(3)16-22(33)28-19-6-8-20(9-7-19)32-12-14-36-15-13-32/h6-9H,10-16H2,1-5H3,(H,28,33). The Bertz CT molecular complexity index is 1250. The highest BCUT2D eigenvalue weighted by Gasteiger charge is 2.20. The van der Waals surface area contributed by atoms with Crippen LogP contribution >= 0.6 is 0 Å². The fraction of sp³-hybridized carbons (Fsp3) is 0.462. The molecule has 1 saturated heterocycles. The molecule has 3 aromatic rings. The van der Waals surface area contributed by atoms with Crippen molar-refractivity contribution in [1.82, 2.24) is 19.7 Å². The number of carbonyl (C=O) groups is 2. The largest absolute Gasteiger partial charge is 0.479 e. The van der Waals surface area contributed by atoms with Crippen molar-refractivity contribution < 1.29 is 19.1 Å². The average Bonchev–Trinajstić information content (AvgIpc) is 3.20. The van der Waals surface area contributed by atoms with Gasteiger partial charge in [0.2, 0.25) is 17.7 Å². The van der Waals surface area contributed by atoms with Gasteiger partial charge in [0.1, 0.15) is 0 Å². The van der Waals surface area contributed by atoms with Crippen molar-refractivity contribution >= 4 is 34.2 Å². The molecule has 0 saturated carbocycles. The second kappa shape index (κ2) is 10.9. The van der Waals surface area contributed by atoms with E-state index < -0.39 is 0 Å². The Morgan fingerprint density at radius 3 is 2.53 bits per heavy atom. The monoisotopic (exact) mass is 494 g/mol. The summed E-state index contributed by atoms with van der Waals surface area (Å²) in [5, 5.41) is 8.11. The number of hydrogen-bond acceptors (Lipinski definition) is 7. The van der Waals surface area contributed by atoms with Gasteiger partial charge in [-0.3, -0.25) is 9.59 Å². The smallest absolute Gasteiger partial charge is 0.243 e. The molecule has 192 valence electrons. The fourth-order valence-electron chi connectivity index (χ4n) is 4.61. The second-order valence-corrected chi connectivity index (χ2v) is 9.08. The third-order valence-electron chi connectivity index (χ3n) is 6.64. The van der Waals surface area contributed by atoms with E-state index in [1.165, 1.54) is 4.90 Å². The predicted octanol–water partition coefficient (Wildman–Crippen LogP) is 2.46. The second-order valence-electron chi connectivity index (χ2n) is 9.08. The molecule has 4 rings (SSSR count). The van der Waals surface area contributed by atoms with Crippen molar-refractivity contribution in [2.45, 2.75) is 26.7 Å². The number of methoxy groups -OCH3 is 1. The van der Waals surface area contributed by atoms with E-state index in [0.717, 1.165) is 59.8 Å². The molecule has 36 heavy (non-hydrogen) atoms. The Hall–Kier alpha value is -3.66. The SMILES string of the molecule is COc1nn(C)c2nc(C)c(CCC(=O)N(C)CC(=O)Nc3ccc(N4CCOCC4)cc3)c(C)c12. The summed E-state index contributed by atoms with van der Waals surface area (Å²) < 4.78 is 12.5. The van der Waals surface area contributed by atoms with Gasteiger partial charge < -0.3 is 24.6 Å². The van der Waals surface area contributed by atoms with Crippen LogP contribution in [0, 0.1) is 13.8 Å². The average molecular weight is 495 g/mol. The van der Waals surface area contributed by atoms with Crippen LogP contribution in [0.5, 0.6) is 5.88 Å². The molecule has 1 aliphatic heterocycles. The van der Waals surface area contributed by atoms with E-state index in [9.17, 15) is 9.59 Å². The van der Waals surface area contributed by atoms with Gasteiger partial charge in [-0.2, -0.15) is 0 Å². The summed E-state index contributed by atoms with van der Waals surface area (Å²) in [6.07, 6.45) is 0.794. The maximum atomic E-state index is 12.8. The maximum absolute atomic E-state index is 12.8. The first-order valence-corrected chi connectivity index (χ1v) is 12.1. The van der Waals surface area contributed by atoms with Gasteiger partial charge >= 0.3 is 0 Å². The van der Waals surface area contributed by atoms with Crippen LogP contribution in [0.3, 0.4) is 0 Å². The van der Waals surface area contributed by atoms with Gasteiger partial charge in [-0.05, 0) is 55.7 Å². The molecule has 1 aromatic carbocycles. The Morgan fingerprint density at radius 2 is 1.86 bits per heavy atom. The van der Waals surface area contributed by atoms with E-state index in [-0.39, 0.29) is 24.8 Å². The number of benzene rings is 1. The van der Waals surface area contributed by atoms with Gasteiger partial charge in [-0.25, -0.2) is 9.67 Å². The molecule has 1 aliphatic rings. The van der Waals surface area contributed by atoms with Crippen molar-refractivity contribution in [3.63, 3.8) is 0 Å². The number of morpholine rings is 1. The summed E-state index contributed by atoms with van der Waals surface area (Å²) in [5.74, 6) is 0.183. The zero-order valence-corrected chi connectivity index (χ0v) is 21.6. The minimum absolute atomic E-state index is 0.0181. The fourth-order valence-corrected chi connectivity index (χ4v) is 4.61. The first kappa shape index (κ1) is 25.4. The highest BCUT2D eigenvalue weighted by atomic mass is 16.5. The summed E-state index contributed by atoms with van der Waals surface area (Å²) in [7, 11) is 5.07. The summed E-state index contributed by atoms with van der Waals surface area (Å²) in [4.78, 5) is 33.7. The lowest BCUT2D eigenvalue weighted by Crippen LogP contribution is -2.36. The maximum Gasteiger partial charge on any atom is 0.243 e. The van der Waals surface area contributed by atoms with Gasteiger partial charge in [0.15, 0.2) is 5.65 Å². The third-order valence-corrected chi connectivity index (χ3v) is 6.64. The number of nitrogens with zero attached hydrogens (tertiary/aromatic N) is 5. The quantitative estimate of drug-likeness (QED) is 0.513. The normalized spacial score (nSPS) is 13.6. The van der Waals surface area contributed by atoms with Gasteiger partial charge in [0.05, 0.1) is 32.3 Å². The zero-order valence-electron chi connectivity index (χ0n) is 21.6. The minimum Gasteiger partial charge on any atom is -0.479 e. The summed E-state index contributed by atoms with van der Waals surface area (Å²) in [5.41, 5.74) is 5.43. The highest BCUT2D eigenvalue weighted by molar-refractivity contribution is 5.94. The van der Waals surface area contributed by atoms with Crippen molar-refractivity contribution in [3.05, 3.63) is 41.1 Å². The van der Waals surface area contributed by atoms with Crippen LogP contribution in [0.25, 0.3) is 11.0 Å².